The largest absolute Gasteiger partial charge is 0.389 e. The van der Waals surface area contributed by atoms with Gasteiger partial charge in [-0.2, -0.15) is 0 Å². The van der Waals surface area contributed by atoms with E-state index in [1.54, 1.807) is 0 Å². The zero-order valence-electron chi connectivity index (χ0n) is 13.1. The number of carbonyl (C=O) groups excluding carboxylic acids is 1. The van der Waals surface area contributed by atoms with Gasteiger partial charge in [-0.05, 0) is 39.1 Å². The van der Waals surface area contributed by atoms with Gasteiger partial charge >= 0.3 is 0 Å². The maximum Gasteiger partial charge on any atom is 0.241 e. The van der Waals surface area contributed by atoms with Crippen molar-refractivity contribution in [2.45, 2.75) is 39.2 Å². The molecule has 0 aliphatic carbocycles. The van der Waals surface area contributed by atoms with E-state index in [-0.39, 0.29) is 16.9 Å². The van der Waals surface area contributed by atoms with Crippen LogP contribution in [0.15, 0.2) is 24.3 Å². The molecule has 0 radical (unpaired) electrons. The number of hydrogen-bond donors (Lipinski definition) is 2. The Morgan fingerprint density at radius 1 is 1.38 bits per heavy atom. The van der Waals surface area contributed by atoms with Gasteiger partial charge in [-0.3, -0.25) is 9.69 Å². The van der Waals surface area contributed by atoms with Gasteiger partial charge in [0.2, 0.25) is 5.91 Å². The van der Waals surface area contributed by atoms with Crippen LogP contribution in [0.1, 0.15) is 38.7 Å². The number of nitrogens with zero attached hydrogens (tertiary/aromatic N) is 1. The number of amides is 1. The van der Waals surface area contributed by atoms with E-state index in [9.17, 15) is 4.79 Å². The Bertz CT molecular complexity index is 490. The molecule has 1 unspecified atom stereocenters. The molecular weight excluding hydrogens is 282 g/mol. The highest BCUT2D eigenvalue weighted by atomic mass is 32.1. The molecule has 1 aromatic rings. The summed E-state index contributed by atoms with van der Waals surface area (Å²) in [6, 6.07) is 7.14. The minimum Gasteiger partial charge on any atom is -0.389 e. The van der Waals surface area contributed by atoms with Crippen LogP contribution in [-0.2, 0) is 4.79 Å². The van der Waals surface area contributed by atoms with Gasteiger partial charge < -0.3 is 11.1 Å². The normalized spacial score (nSPS) is 12.2. The number of anilines is 1. The number of hydrogen-bond acceptors (Lipinski definition) is 3. The molecule has 0 saturated heterocycles. The number of nitrogens with two attached hydrogens (primary N) is 1. The summed E-state index contributed by atoms with van der Waals surface area (Å²) in [7, 11) is 1.97. The lowest BCUT2D eigenvalue weighted by molar-refractivity contribution is -0.120. The van der Waals surface area contributed by atoms with Crippen molar-refractivity contribution < 1.29 is 4.79 Å². The Kier molecular flexibility index (Phi) is 7.32. The Morgan fingerprint density at radius 3 is 2.67 bits per heavy atom. The van der Waals surface area contributed by atoms with Crippen LogP contribution in [0.2, 0.25) is 0 Å². The zero-order chi connectivity index (χ0) is 15.8. The Balaban J connectivity index is 2.66. The van der Waals surface area contributed by atoms with E-state index in [1.807, 2.05) is 38.2 Å². The predicted octanol–water partition coefficient (Wildman–Crippen LogP) is 2.77. The lowest BCUT2D eigenvalue weighted by Crippen LogP contribution is -2.40. The lowest BCUT2D eigenvalue weighted by Gasteiger charge is -2.24. The molecule has 0 fully saturated rings. The topological polar surface area (TPSA) is 58.4 Å². The molecule has 0 spiro atoms. The molecule has 116 valence electrons. The van der Waals surface area contributed by atoms with Gasteiger partial charge in [0.1, 0.15) is 4.99 Å². The summed E-state index contributed by atoms with van der Waals surface area (Å²) in [6.45, 7) is 4.99. The van der Waals surface area contributed by atoms with Crippen molar-refractivity contribution in [3.8, 4) is 0 Å². The first-order valence-electron chi connectivity index (χ1n) is 7.37. The predicted molar refractivity (Wildman–Crippen MR) is 92.6 cm³/mol. The quantitative estimate of drug-likeness (QED) is 0.573. The van der Waals surface area contributed by atoms with Crippen molar-refractivity contribution in [1.29, 1.82) is 0 Å². The lowest BCUT2D eigenvalue weighted by atomic mass is 10.1. The molecule has 0 aliphatic heterocycles. The highest BCUT2D eigenvalue weighted by molar-refractivity contribution is 7.80. The van der Waals surface area contributed by atoms with Crippen molar-refractivity contribution >= 4 is 28.8 Å². The number of carbonyl (C=O) groups is 1. The molecular formula is C16H25N3OS. The number of rotatable bonds is 8. The molecule has 0 heterocycles. The first kappa shape index (κ1) is 17.6. The summed E-state index contributed by atoms with van der Waals surface area (Å²) >= 11 is 5.01. The number of thiocarbonyl (C=S) groups is 1. The number of likely N-dealkylation sites (N-methyl/N-ethyl adjacent to an activating group) is 1. The Morgan fingerprint density at radius 2 is 2.05 bits per heavy atom. The molecule has 1 amide bonds. The average molecular weight is 307 g/mol. The molecule has 3 N–H and O–H groups in total. The smallest absolute Gasteiger partial charge is 0.241 e. The SMILES string of the molecule is CCCCCN(C)C(C)C(=O)Nc1ccccc1C(N)=S. The van der Waals surface area contributed by atoms with E-state index in [0.29, 0.717) is 11.3 Å². The van der Waals surface area contributed by atoms with Crippen LogP contribution in [0.3, 0.4) is 0 Å². The first-order valence-corrected chi connectivity index (χ1v) is 7.78. The average Bonchev–Trinajstić information content (AvgIpc) is 2.46. The molecule has 1 aromatic carbocycles. The van der Waals surface area contributed by atoms with Crippen LogP contribution in [0, 0.1) is 0 Å². The summed E-state index contributed by atoms with van der Waals surface area (Å²) in [5, 5.41) is 2.91. The van der Waals surface area contributed by atoms with Gasteiger partial charge in [-0.25, -0.2) is 0 Å². The van der Waals surface area contributed by atoms with E-state index in [4.69, 9.17) is 18.0 Å². The fourth-order valence-electron chi connectivity index (χ4n) is 2.05. The highest BCUT2D eigenvalue weighted by Gasteiger charge is 2.18. The third-order valence-electron chi connectivity index (χ3n) is 3.61. The molecule has 4 nitrogen and oxygen atoms in total. The van der Waals surface area contributed by atoms with Crippen molar-refractivity contribution in [1.82, 2.24) is 4.90 Å². The summed E-state index contributed by atoms with van der Waals surface area (Å²) < 4.78 is 0. The van der Waals surface area contributed by atoms with E-state index >= 15 is 0 Å². The molecule has 0 aliphatic rings. The second-order valence-electron chi connectivity index (χ2n) is 5.26. The number of nitrogens with one attached hydrogen (secondary N) is 1. The Hall–Kier alpha value is -1.46. The first-order chi connectivity index (χ1) is 9.97. The van der Waals surface area contributed by atoms with Crippen molar-refractivity contribution in [3.05, 3.63) is 29.8 Å². The molecule has 5 heteroatoms. The van der Waals surface area contributed by atoms with E-state index < -0.39 is 0 Å². The molecule has 0 bridgehead atoms. The zero-order valence-corrected chi connectivity index (χ0v) is 13.9. The van der Waals surface area contributed by atoms with E-state index in [1.165, 1.54) is 12.8 Å². The van der Waals surface area contributed by atoms with Crippen LogP contribution < -0.4 is 11.1 Å². The molecule has 0 aromatic heterocycles. The van der Waals surface area contributed by atoms with Gasteiger partial charge in [-0.1, -0.05) is 44.1 Å². The van der Waals surface area contributed by atoms with Crippen LogP contribution >= 0.6 is 12.2 Å². The number of benzene rings is 1. The van der Waals surface area contributed by atoms with Crippen LogP contribution in [0.25, 0.3) is 0 Å². The molecule has 21 heavy (non-hydrogen) atoms. The second-order valence-corrected chi connectivity index (χ2v) is 5.70. The molecule has 1 atom stereocenters. The fourth-order valence-corrected chi connectivity index (χ4v) is 2.23. The van der Waals surface area contributed by atoms with Gasteiger partial charge in [0.15, 0.2) is 0 Å². The molecule has 1 rings (SSSR count). The minimum atomic E-state index is -0.193. The van der Waals surface area contributed by atoms with Crippen LogP contribution in [-0.4, -0.2) is 35.4 Å². The number of para-hydroxylation sites is 1. The van der Waals surface area contributed by atoms with E-state index in [2.05, 4.69) is 17.1 Å². The van der Waals surface area contributed by atoms with Crippen molar-refractivity contribution in [2.24, 2.45) is 5.73 Å². The van der Waals surface area contributed by atoms with Crippen molar-refractivity contribution in [2.75, 3.05) is 18.9 Å². The minimum absolute atomic E-state index is 0.0438. The monoisotopic (exact) mass is 307 g/mol. The Labute approximate surface area is 132 Å². The van der Waals surface area contributed by atoms with Gasteiger partial charge in [-0.15, -0.1) is 0 Å². The van der Waals surface area contributed by atoms with Crippen LogP contribution in [0.4, 0.5) is 5.69 Å². The maximum atomic E-state index is 12.3. The summed E-state index contributed by atoms with van der Waals surface area (Å²) in [6.07, 6.45) is 3.47. The fraction of sp³-hybridized carbons (Fsp3) is 0.500. The number of unbranched alkanes of at least 4 members (excludes halogenated alkanes) is 2. The third kappa shape index (κ3) is 5.44. The van der Waals surface area contributed by atoms with Gasteiger partial charge in [0.05, 0.1) is 11.7 Å². The maximum absolute atomic E-state index is 12.3. The summed E-state index contributed by atoms with van der Waals surface area (Å²) in [4.78, 5) is 14.7. The van der Waals surface area contributed by atoms with E-state index in [0.717, 1.165) is 13.0 Å². The van der Waals surface area contributed by atoms with Crippen LogP contribution in [0.5, 0.6) is 0 Å². The van der Waals surface area contributed by atoms with Gasteiger partial charge in [0.25, 0.3) is 0 Å². The second kappa shape index (κ2) is 8.74. The van der Waals surface area contributed by atoms with Gasteiger partial charge in [0, 0.05) is 5.56 Å². The molecule has 0 saturated carbocycles. The third-order valence-corrected chi connectivity index (χ3v) is 3.83. The summed E-state index contributed by atoms with van der Waals surface area (Å²) in [5.41, 5.74) is 7.04. The highest BCUT2D eigenvalue weighted by Crippen LogP contribution is 2.15. The van der Waals surface area contributed by atoms with Crippen molar-refractivity contribution in [3.63, 3.8) is 0 Å². The standard InChI is InChI=1S/C16H25N3OS/c1-4-5-8-11-19(3)12(2)16(20)18-14-10-7-6-9-13(14)15(17)21/h6-7,9-10,12H,4-5,8,11H2,1-3H3,(H2,17,21)(H,18,20). The summed E-state index contributed by atoms with van der Waals surface area (Å²) in [5.74, 6) is -0.0438.